The molecule has 0 aromatic heterocycles. The Morgan fingerprint density at radius 3 is 2.16 bits per heavy atom. The van der Waals surface area contributed by atoms with Gasteiger partial charge in [0.2, 0.25) is 0 Å². The van der Waals surface area contributed by atoms with Gasteiger partial charge in [-0.2, -0.15) is 13.2 Å². The summed E-state index contributed by atoms with van der Waals surface area (Å²) in [5, 5.41) is 2.75. The quantitative estimate of drug-likeness (QED) is 0.860. The van der Waals surface area contributed by atoms with E-state index in [-0.39, 0.29) is 6.54 Å². The summed E-state index contributed by atoms with van der Waals surface area (Å²) < 4.78 is 41.1. The van der Waals surface area contributed by atoms with E-state index in [1.54, 1.807) is 0 Å². The Labute approximate surface area is 110 Å². The summed E-state index contributed by atoms with van der Waals surface area (Å²) in [5.41, 5.74) is -0.0175. The van der Waals surface area contributed by atoms with Gasteiger partial charge in [0.05, 0.1) is 19.2 Å². The van der Waals surface area contributed by atoms with Gasteiger partial charge < -0.3 is 10.1 Å². The van der Waals surface area contributed by atoms with E-state index in [0.717, 1.165) is 12.1 Å². The molecule has 0 fully saturated rings. The van der Waals surface area contributed by atoms with Crippen molar-refractivity contribution in [3.05, 3.63) is 35.4 Å². The second-order valence-corrected chi connectivity index (χ2v) is 3.37. The maximum atomic E-state index is 12.2. The third-order valence-corrected chi connectivity index (χ3v) is 2.11. The zero-order valence-corrected chi connectivity index (χ0v) is 11.2. The zero-order chi connectivity index (χ0) is 14.9. The molecule has 1 rings (SSSR count). The largest absolute Gasteiger partial charge is 0.468 e. The van der Waals surface area contributed by atoms with Crippen LogP contribution in [-0.4, -0.2) is 19.6 Å². The van der Waals surface area contributed by atoms with Crippen LogP contribution in [-0.2, 0) is 22.3 Å². The van der Waals surface area contributed by atoms with Gasteiger partial charge in [0, 0.05) is 6.54 Å². The average molecular weight is 277 g/mol. The maximum absolute atomic E-state index is 12.2. The second kappa shape index (κ2) is 8.53. The average Bonchev–Trinajstić information content (AvgIpc) is 2.40. The van der Waals surface area contributed by atoms with Crippen LogP contribution in [0.15, 0.2) is 24.3 Å². The van der Waals surface area contributed by atoms with Crippen LogP contribution in [0.1, 0.15) is 25.0 Å². The fraction of sp³-hybridized carbons (Fsp3) is 0.462. The first-order chi connectivity index (χ1) is 8.93. The SMILES string of the molecule is CC.COC(=O)CNCc1ccc(C(F)(F)F)cc1. The van der Waals surface area contributed by atoms with E-state index in [0.29, 0.717) is 12.1 Å². The second-order valence-electron chi connectivity index (χ2n) is 3.37. The molecular weight excluding hydrogens is 259 g/mol. The lowest BCUT2D eigenvalue weighted by Crippen LogP contribution is -2.23. The topological polar surface area (TPSA) is 38.3 Å². The molecule has 0 bridgehead atoms. The van der Waals surface area contributed by atoms with Crippen LogP contribution in [0.4, 0.5) is 13.2 Å². The summed E-state index contributed by atoms with van der Waals surface area (Å²) in [6.45, 7) is 4.34. The Hall–Kier alpha value is -1.56. The number of carbonyl (C=O) groups excluding carboxylic acids is 1. The zero-order valence-electron chi connectivity index (χ0n) is 11.2. The molecule has 0 unspecified atom stereocenters. The number of methoxy groups -OCH3 is 1. The summed E-state index contributed by atoms with van der Waals surface area (Å²) in [5.74, 6) is -0.420. The van der Waals surface area contributed by atoms with Crippen LogP contribution in [0.5, 0.6) is 0 Å². The van der Waals surface area contributed by atoms with Crippen molar-refractivity contribution in [2.45, 2.75) is 26.6 Å². The van der Waals surface area contributed by atoms with Crippen molar-refractivity contribution < 1.29 is 22.7 Å². The van der Waals surface area contributed by atoms with Gasteiger partial charge >= 0.3 is 12.1 Å². The predicted molar refractivity (Wildman–Crippen MR) is 66.5 cm³/mol. The minimum atomic E-state index is -4.32. The molecule has 0 saturated carbocycles. The van der Waals surface area contributed by atoms with Crippen molar-refractivity contribution in [2.75, 3.05) is 13.7 Å². The fourth-order valence-corrected chi connectivity index (χ4v) is 1.19. The highest BCUT2D eigenvalue weighted by Crippen LogP contribution is 2.28. The van der Waals surface area contributed by atoms with Crippen LogP contribution in [0.25, 0.3) is 0 Å². The highest BCUT2D eigenvalue weighted by atomic mass is 19.4. The molecule has 108 valence electrons. The lowest BCUT2D eigenvalue weighted by Gasteiger charge is -2.08. The fourth-order valence-electron chi connectivity index (χ4n) is 1.19. The molecule has 0 radical (unpaired) electrons. The monoisotopic (exact) mass is 277 g/mol. The Morgan fingerprint density at radius 2 is 1.74 bits per heavy atom. The van der Waals surface area contributed by atoms with Crippen LogP contribution >= 0.6 is 0 Å². The van der Waals surface area contributed by atoms with Crippen molar-refractivity contribution >= 4 is 5.97 Å². The van der Waals surface area contributed by atoms with Gasteiger partial charge in [0.1, 0.15) is 0 Å². The normalized spacial score (nSPS) is 10.4. The Morgan fingerprint density at radius 1 is 1.21 bits per heavy atom. The van der Waals surface area contributed by atoms with E-state index in [4.69, 9.17) is 0 Å². The summed E-state index contributed by atoms with van der Waals surface area (Å²) in [6.07, 6.45) is -4.32. The Bertz CT molecular complexity index is 374. The number of benzene rings is 1. The number of ether oxygens (including phenoxy) is 1. The van der Waals surface area contributed by atoms with Gasteiger partial charge in [-0.05, 0) is 17.7 Å². The summed E-state index contributed by atoms with van der Waals surface area (Å²) in [6, 6.07) is 4.75. The van der Waals surface area contributed by atoms with Crippen molar-refractivity contribution in [2.24, 2.45) is 0 Å². The van der Waals surface area contributed by atoms with E-state index >= 15 is 0 Å². The number of rotatable bonds is 4. The molecule has 1 N–H and O–H groups in total. The van der Waals surface area contributed by atoms with Gasteiger partial charge in [-0.1, -0.05) is 26.0 Å². The number of hydrogen-bond donors (Lipinski definition) is 1. The van der Waals surface area contributed by atoms with Crippen LogP contribution in [0, 0.1) is 0 Å². The van der Waals surface area contributed by atoms with Crippen molar-refractivity contribution in [1.29, 1.82) is 0 Å². The van der Waals surface area contributed by atoms with Crippen molar-refractivity contribution in [3.8, 4) is 0 Å². The number of carbonyl (C=O) groups is 1. The van der Waals surface area contributed by atoms with Crippen LogP contribution in [0.2, 0.25) is 0 Å². The standard InChI is InChI=1S/C11H12F3NO2.C2H6/c1-17-10(16)7-15-6-8-2-4-9(5-3-8)11(12,13)14;1-2/h2-5,15H,6-7H2,1H3;1-2H3. The number of esters is 1. The van der Waals surface area contributed by atoms with Gasteiger partial charge in [0.25, 0.3) is 0 Å². The number of halogens is 3. The summed E-state index contributed by atoms with van der Waals surface area (Å²) in [7, 11) is 1.27. The highest BCUT2D eigenvalue weighted by Gasteiger charge is 2.29. The molecule has 1 aromatic carbocycles. The first-order valence-electron chi connectivity index (χ1n) is 5.87. The molecule has 1 aromatic rings. The van der Waals surface area contributed by atoms with E-state index in [2.05, 4.69) is 10.1 Å². The van der Waals surface area contributed by atoms with Gasteiger partial charge in [-0.25, -0.2) is 0 Å². The molecule has 0 spiro atoms. The van der Waals surface area contributed by atoms with Crippen LogP contribution < -0.4 is 5.32 Å². The molecule has 0 atom stereocenters. The molecule has 3 nitrogen and oxygen atoms in total. The molecular formula is C13H18F3NO2. The molecule has 0 saturated heterocycles. The van der Waals surface area contributed by atoms with Gasteiger partial charge in [0.15, 0.2) is 0 Å². The van der Waals surface area contributed by atoms with Gasteiger partial charge in [-0.3, -0.25) is 4.79 Å². The number of nitrogens with one attached hydrogen (secondary N) is 1. The molecule has 19 heavy (non-hydrogen) atoms. The van der Waals surface area contributed by atoms with Crippen molar-refractivity contribution in [1.82, 2.24) is 5.32 Å². The minimum Gasteiger partial charge on any atom is -0.468 e. The highest BCUT2D eigenvalue weighted by molar-refractivity contribution is 5.71. The van der Waals surface area contributed by atoms with E-state index in [1.807, 2.05) is 13.8 Å². The molecule has 6 heteroatoms. The molecule has 0 aliphatic rings. The van der Waals surface area contributed by atoms with Gasteiger partial charge in [-0.15, -0.1) is 0 Å². The van der Waals surface area contributed by atoms with E-state index in [1.165, 1.54) is 19.2 Å². The molecule has 0 aliphatic heterocycles. The number of alkyl halides is 3. The summed E-state index contributed by atoms with van der Waals surface area (Å²) in [4.78, 5) is 10.8. The van der Waals surface area contributed by atoms with E-state index < -0.39 is 17.7 Å². The predicted octanol–water partition coefficient (Wildman–Crippen LogP) is 2.99. The smallest absolute Gasteiger partial charge is 0.416 e. The lowest BCUT2D eigenvalue weighted by atomic mass is 10.1. The maximum Gasteiger partial charge on any atom is 0.416 e. The Kier molecular flexibility index (Phi) is 7.83. The number of hydrogen-bond acceptors (Lipinski definition) is 3. The van der Waals surface area contributed by atoms with Crippen molar-refractivity contribution in [3.63, 3.8) is 0 Å². The Balaban J connectivity index is 0.00000154. The lowest BCUT2D eigenvalue weighted by molar-refractivity contribution is -0.139. The third kappa shape index (κ3) is 6.81. The molecule has 0 amide bonds. The first-order valence-corrected chi connectivity index (χ1v) is 5.87. The van der Waals surface area contributed by atoms with Crippen LogP contribution in [0.3, 0.4) is 0 Å². The third-order valence-electron chi connectivity index (χ3n) is 2.11. The molecule has 0 aliphatic carbocycles. The summed E-state index contributed by atoms with van der Waals surface area (Å²) >= 11 is 0. The van der Waals surface area contributed by atoms with E-state index in [9.17, 15) is 18.0 Å². The minimum absolute atomic E-state index is 0.0253. The first kappa shape index (κ1) is 17.4. The molecule has 0 heterocycles.